The van der Waals surface area contributed by atoms with Gasteiger partial charge in [-0.3, -0.25) is 4.79 Å². The third-order valence-electron chi connectivity index (χ3n) is 2.48. The topological polar surface area (TPSA) is 42.0 Å². The van der Waals surface area contributed by atoms with Gasteiger partial charge < -0.3 is 5.32 Å². The number of benzene rings is 1. The van der Waals surface area contributed by atoms with Crippen LogP contribution in [0.2, 0.25) is 5.15 Å². The van der Waals surface area contributed by atoms with Gasteiger partial charge in [0, 0.05) is 5.69 Å². The van der Waals surface area contributed by atoms with Crippen molar-refractivity contribution in [2.24, 2.45) is 0 Å². The van der Waals surface area contributed by atoms with Crippen molar-refractivity contribution < 1.29 is 22.4 Å². The quantitative estimate of drug-likeness (QED) is 0.668. The van der Waals surface area contributed by atoms with Gasteiger partial charge in [-0.15, -0.1) is 0 Å². The number of hydrogen-bond donors (Lipinski definition) is 1. The lowest BCUT2D eigenvalue weighted by Crippen LogP contribution is -2.15. The first-order valence-corrected chi connectivity index (χ1v) is 5.96. The fourth-order valence-electron chi connectivity index (χ4n) is 1.55. The molecule has 21 heavy (non-hydrogen) atoms. The lowest BCUT2D eigenvalue weighted by molar-refractivity contribution is -0.139. The molecule has 3 nitrogen and oxygen atoms in total. The van der Waals surface area contributed by atoms with Crippen LogP contribution in [0.15, 0.2) is 36.4 Å². The van der Waals surface area contributed by atoms with E-state index in [9.17, 15) is 22.4 Å². The summed E-state index contributed by atoms with van der Waals surface area (Å²) >= 11 is 5.61. The molecule has 0 saturated heterocycles. The molecule has 8 heteroatoms. The van der Waals surface area contributed by atoms with E-state index in [1.165, 1.54) is 18.2 Å². The molecule has 0 spiro atoms. The highest BCUT2D eigenvalue weighted by Gasteiger charge is 2.34. The van der Waals surface area contributed by atoms with Crippen molar-refractivity contribution in [3.05, 3.63) is 58.6 Å². The molecule has 1 heterocycles. The van der Waals surface area contributed by atoms with Crippen LogP contribution >= 0.6 is 11.6 Å². The van der Waals surface area contributed by atoms with Crippen LogP contribution in [0.25, 0.3) is 0 Å². The first-order valence-electron chi connectivity index (χ1n) is 5.58. The summed E-state index contributed by atoms with van der Waals surface area (Å²) in [7, 11) is 0. The molecule has 0 unspecified atom stereocenters. The number of carbonyl (C=O) groups is 1. The molecular weight excluding hydrogens is 312 g/mol. The van der Waals surface area contributed by atoms with Crippen LogP contribution < -0.4 is 5.32 Å². The molecule has 1 aromatic heterocycles. The minimum Gasteiger partial charge on any atom is -0.321 e. The second-order valence-electron chi connectivity index (χ2n) is 3.99. The summed E-state index contributed by atoms with van der Waals surface area (Å²) < 4.78 is 50.8. The summed E-state index contributed by atoms with van der Waals surface area (Å²) in [6, 6.07) is 6.41. The number of aromatic nitrogens is 1. The van der Waals surface area contributed by atoms with Gasteiger partial charge in [0.2, 0.25) is 0 Å². The second-order valence-corrected chi connectivity index (χ2v) is 4.38. The van der Waals surface area contributed by atoms with Gasteiger partial charge in [0.05, 0.1) is 5.56 Å². The summed E-state index contributed by atoms with van der Waals surface area (Å²) in [6.07, 6.45) is -4.85. The van der Waals surface area contributed by atoms with Crippen LogP contribution in [-0.4, -0.2) is 10.9 Å². The Morgan fingerprint density at radius 3 is 2.52 bits per heavy atom. The van der Waals surface area contributed by atoms with Crippen molar-refractivity contribution in [3.8, 4) is 0 Å². The molecule has 0 bridgehead atoms. The van der Waals surface area contributed by atoms with Gasteiger partial charge in [0.15, 0.2) is 0 Å². The number of anilines is 1. The average molecular weight is 319 g/mol. The first kappa shape index (κ1) is 15.2. The maximum absolute atomic E-state index is 13.1. The zero-order valence-corrected chi connectivity index (χ0v) is 11.0. The van der Waals surface area contributed by atoms with Gasteiger partial charge in [-0.05, 0) is 30.3 Å². The van der Waals surface area contributed by atoms with E-state index >= 15 is 0 Å². The molecule has 110 valence electrons. The lowest BCUT2D eigenvalue weighted by Gasteiger charge is -2.11. The number of alkyl halides is 3. The van der Waals surface area contributed by atoms with Crippen molar-refractivity contribution in [2.45, 2.75) is 6.18 Å². The first-order chi connectivity index (χ1) is 9.77. The zero-order valence-electron chi connectivity index (χ0n) is 10.2. The normalized spacial score (nSPS) is 11.3. The van der Waals surface area contributed by atoms with Crippen molar-refractivity contribution in [1.29, 1.82) is 0 Å². The van der Waals surface area contributed by atoms with E-state index in [-0.39, 0.29) is 16.5 Å². The van der Waals surface area contributed by atoms with Gasteiger partial charge in [0.1, 0.15) is 16.7 Å². The Bertz CT molecular complexity index is 688. The number of nitrogens with one attached hydrogen (secondary N) is 1. The molecule has 2 aromatic rings. The smallest absolute Gasteiger partial charge is 0.321 e. The summed E-state index contributed by atoms with van der Waals surface area (Å²) in [5.74, 6) is -2.17. The number of nitrogens with zero attached hydrogens (tertiary/aromatic N) is 1. The molecule has 2 rings (SSSR count). The fraction of sp³-hybridized carbons (Fsp3) is 0.0769. The van der Waals surface area contributed by atoms with E-state index in [1.807, 2.05) is 0 Å². The molecule has 0 aliphatic carbocycles. The van der Waals surface area contributed by atoms with Crippen molar-refractivity contribution in [3.63, 3.8) is 0 Å². The van der Waals surface area contributed by atoms with Crippen LogP contribution in [0.4, 0.5) is 23.2 Å². The minimum atomic E-state index is -4.85. The monoisotopic (exact) mass is 318 g/mol. The Balaban J connectivity index is 2.26. The lowest BCUT2D eigenvalue weighted by atomic mass is 10.1. The molecule has 1 amide bonds. The highest BCUT2D eigenvalue weighted by Crippen LogP contribution is 2.33. The Morgan fingerprint density at radius 2 is 1.90 bits per heavy atom. The largest absolute Gasteiger partial charge is 0.419 e. The van der Waals surface area contributed by atoms with Crippen LogP contribution in [-0.2, 0) is 6.18 Å². The molecule has 0 fully saturated rings. The molecule has 0 radical (unpaired) electrons. The maximum Gasteiger partial charge on any atom is 0.419 e. The third-order valence-corrected chi connectivity index (χ3v) is 2.69. The van der Waals surface area contributed by atoms with Crippen LogP contribution in [0.3, 0.4) is 0 Å². The highest BCUT2D eigenvalue weighted by molar-refractivity contribution is 6.29. The van der Waals surface area contributed by atoms with Crippen LogP contribution in [0, 0.1) is 5.82 Å². The van der Waals surface area contributed by atoms with Gasteiger partial charge in [-0.2, -0.15) is 13.2 Å². The summed E-state index contributed by atoms with van der Waals surface area (Å²) in [6.45, 7) is 0. The average Bonchev–Trinajstić information content (AvgIpc) is 2.39. The van der Waals surface area contributed by atoms with Crippen LogP contribution in [0.5, 0.6) is 0 Å². The summed E-state index contributed by atoms with van der Waals surface area (Å²) in [5, 5.41) is 2.27. The molecule has 0 aliphatic heterocycles. The SMILES string of the molecule is O=C(Nc1ccc(F)c(C(F)(F)F)c1)c1cccc(Cl)n1. The van der Waals surface area contributed by atoms with Crippen LogP contribution in [0.1, 0.15) is 16.1 Å². The predicted molar refractivity (Wildman–Crippen MR) is 68.6 cm³/mol. The number of rotatable bonds is 2. The van der Waals surface area contributed by atoms with Crippen molar-refractivity contribution in [1.82, 2.24) is 4.98 Å². The van der Waals surface area contributed by atoms with Crippen molar-refractivity contribution in [2.75, 3.05) is 5.32 Å². The van der Waals surface area contributed by atoms with Gasteiger partial charge in [0.25, 0.3) is 5.91 Å². The molecule has 0 aliphatic rings. The van der Waals surface area contributed by atoms with Gasteiger partial charge in [-0.1, -0.05) is 17.7 Å². The van der Waals surface area contributed by atoms with E-state index in [4.69, 9.17) is 11.6 Å². The number of carbonyl (C=O) groups excluding carboxylic acids is 1. The summed E-state index contributed by atoms with van der Waals surface area (Å²) in [4.78, 5) is 15.5. The highest BCUT2D eigenvalue weighted by atomic mass is 35.5. The van der Waals surface area contributed by atoms with E-state index in [0.29, 0.717) is 12.1 Å². The standard InChI is InChI=1S/C13H7ClF4N2O/c14-11-3-1-2-10(20-11)12(21)19-7-4-5-9(15)8(6-7)13(16,17)18/h1-6H,(H,19,21). The Labute approximate surface area is 121 Å². The molecule has 0 atom stereocenters. The van der Waals surface area contributed by atoms with E-state index in [0.717, 1.165) is 6.07 Å². The van der Waals surface area contributed by atoms with E-state index in [1.54, 1.807) is 0 Å². The van der Waals surface area contributed by atoms with E-state index in [2.05, 4.69) is 10.3 Å². The number of amides is 1. The second kappa shape index (κ2) is 5.69. The maximum atomic E-state index is 13.1. The number of hydrogen-bond acceptors (Lipinski definition) is 2. The molecule has 1 aromatic carbocycles. The fourth-order valence-corrected chi connectivity index (χ4v) is 1.71. The van der Waals surface area contributed by atoms with E-state index < -0.39 is 23.5 Å². The van der Waals surface area contributed by atoms with Gasteiger partial charge >= 0.3 is 6.18 Å². The predicted octanol–water partition coefficient (Wildman–Crippen LogP) is 4.15. The number of pyridine rings is 1. The zero-order chi connectivity index (χ0) is 15.6. The minimum absolute atomic E-state index is 0.0673. The van der Waals surface area contributed by atoms with Gasteiger partial charge in [-0.25, -0.2) is 9.37 Å². The van der Waals surface area contributed by atoms with Crippen molar-refractivity contribution >= 4 is 23.2 Å². The molecule has 0 saturated carbocycles. The summed E-state index contributed by atoms with van der Waals surface area (Å²) in [5.41, 5.74) is -1.73. The Morgan fingerprint density at radius 1 is 1.19 bits per heavy atom. The molecule has 1 N–H and O–H groups in total. The number of halogens is 5. The Hall–Kier alpha value is -2.15. The third kappa shape index (κ3) is 3.69. The Kier molecular flexibility index (Phi) is 4.13. The molecular formula is C13H7ClF4N2O.